The molecule has 2 rings (SSSR count). The van der Waals surface area contributed by atoms with Gasteiger partial charge in [0, 0.05) is 5.69 Å². The van der Waals surface area contributed by atoms with Crippen molar-refractivity contribution in [1.82, 2.24) is 0 Å². The molecule has 0 saturated carbocycles. The van der Waals surface area contributed by atoms with Crippen molar-refractivity contribution in [3.05, 3.63) is 65.7 Å². The second kappa shape index (κ2) is 6.78. The highest BCUT2D eigenvalue weighted by atomic mass is 32.1. The van der Waals surface area contributed by atoms with Crippen molar-refractivity contribution in [2.45, 2.75) is 11.7 Å². The molecule has 0 saturated heterocycles. The molecule has 0 radical (unpaired) electrons. The largest absolute Gasteiger partial charge is 0.325 e. The molecular weight excluding hydrogens is 268 g/mol. The first kappa shape index (κ1) is 14.2. The van der Waals surface area contributed by atoms with Gasteiger partial charge in [-0.05, 0) is 36.2 Å². The molecule has 2 aromatic rings. The van der Waals surface area contributed by atoms with E-state index in [0.717, 1.165) is 5.56 Å². The molecule has 2 aromatic carbocycles. The fourth-order valence-electron chi connectivity index (χ4n) is 1.78. The van der Waals surface area contributed by atoms with Crippen LogP contribution in [-0.2, 0) is 11.2 Å². The van der Waals surface area contributed by atoms with Crippen LogP contribution in [0.25, 0.3) is 0 Å². The first-order chi connectivity index (χ1) is 9.69. The smallest absolute Gasteiger partial charge is 0.237 e. The summed E-state index contributed by atoms with van der Waals surface area (Å²) in [6.07, 6.45) is 0.575. The predicted octanol–water partition coefficient (Wildman–Crippen LogP) is 3.04. The molecule has 0 spiro atoms. The Hall–Kier alpha value is -2.25. The number of amides is 1. The highest BCUT2D eigenvalue weighted by molar-refractivity contribution is 7.81. The highest BCUT2D eigenvalue weighted by Crippen LogP contribution is 2.13. The minimum absolute atomic E-state index is 0.151. The lowest BCUT2D eigenvalue weighted by molar-refractivity contribution is -0.115. The molecular formula is C16H14N2OS. The topological polar surface area (TPSA) is 52.9 Å². The molecule has 1 unspecified atom stereocenters. The lowest BCUT2D eigenvalue weighted by atomic mass is 10.1. The number of carbonyl (C=O) groups is 1. The van der Waals surface area contributed by atoms with Crippen molar-refractivity contribution in [3.63, 3.8) is 0 Å². The van der Waals surface area contributed by atoms with Crippen LogP contribution < -0.4 is 5.32 Å². The molecule has 0 bridgehead atoms. The lowest BCUT2D eigenvalue weighted by Gasteiger charge is -2.11. The van der Waals surface area contributed by atoms with Crippen LogP contribution in [0, 0.1) is 11.3 Å². The summed E-state index contributed by atoms with van der Waals surface area (Å²) in [6.45, 7) is 0. The molecule has 0 aromatic heterocycles. The summed E-state index contributed by atoms with van der Waals surface area (Å²) in [4.78, 5) is 12.0. The van der Waals surface area contributed by atoms with Gasteiger partial charge in [-0.2, -0.15) is 17.9 Å². The van der Waals surface area contributed by atoms with Gasteiger partial charge in [0.2, 0.25) is 5.91 Å². The monoisotopic (exact) mass is 282 g/mol. The molecule has 20 heavy (non-hydrogen) atoms. The summed E-state index contributed by atoms with van der Waals surface area (Å²) in [5.41, 5.74) is 2.30. The summed E-state index contributed by atoms with van der Waals surface area (Å²) >= 11 is 4.34. The second-order valence-corrected chi connectivity index (χ2v) is 5.01. The molecule has 4 heteroatoms. The van der Waals surface area contributed by atoms with Gasteiger partial charge in [-0.1, -0.05) is 30.3 Å². The Morgan fingerprint density at radius 1 is 1.15 bits per heavy atom. The van der Waals surface area contributed by atoms with Crippen molar-refractivity contribution in [1.29, 1.82) is 5.26 Å². The number of nitrogens with zero attached hydrogens (tertiary/aromatic N) is 1. The third-order valence-electron chi connectivity index (χ3n) is 2.86. The number of nitriles is 1. The summed E-state index contributed by atoms with van der Waals surface area (Å²) < 4.78 is 0. The number of anilines is 1. The second-order valence-electron chi connectivity index (χ2n) is 4.38. The van der Waals surface area contributed by atoms with Crippen LogP contribution in [0.15, 0.2) is 54.6 Å². The molecule has 0 aliphatic rings. The third kappa shape index (κ3) is 3.87. The van der Waals surface area contributed by atoms with E-state index >= 15 is 0 Å². The van der Waals surface area contributed by atoms with Gasteiger partial charge in [-0.3, -0.25) is 4.79 Å². The third-order valence-corrected chi connectivity index (χ3v) is 3.27. The molecule has 1 atom stereocenters. The van der Waals surface area contributed by atoms with E-state index in [4.69, 9.17) is 5.26 Å². The van der Waals surface area contributed by atoms with E-state index in [2.05, 4.69) is 17.9 Å². The maximum atomic E-state index is 12.0. The maximum absolute atomic E-state index is 12.0. The van der Waals surface area contributed by atoms with Gasteiger partial charge >= 0.3 is 0 Å². The zero-order chi connectivity index (χ0) is 14.4. The summed E-state index contributed by atoms with van der Waals surface area (Å²) in [5, 5.41) is 11.1. The van der Waals surface area contributed by atoms with Crippen molar-refractivity contribution < 1.29 is 4.79 Å². The molecule has 0 heterocycles. The Morgan fingerprint density at radius 2 is 1.80 bits per heavy atom. The van der Waals surface area contributed by atoms with E-state index in [9.17, 15) is 4.79 Å². The van der Waals surface area contributed by atoms with Crippen LogP contribution in [0.1, 0.15) is 11.1 Å². The zero-order valence-electron chi connectivity index (χ0n) is 10.8. The number of rotatable bonds is 4. The minimum Gasteiger partial charge on any atom is -0.325 e. The van der Waals surface area contributed by atoms with Crippen LogP contribution in [-0.4, -0.2) is 11.2 Å². The van der Waals surface area contributed by atoms with E-state index in [1.165, 1.54) is 0 Å². The van der Waals surface area contributed by atoms with Crippen molar-refractivity contribution in [3.8, 4) is 6.07 Å². The van der Waals surface area contributed by atoms with Gasteiger partial charge in [-0.25, -0.2) is 0 Å². The van der Waals surface area contributed by atoms with Gasteiger partial charge < -0.3 is 5.32 Å². The fourth-order valence-corrected chi connectivity index (χ4v) is 2.06. The highest BCUT2D eigenvalue weighted by Gasteiger charge is 2.14. The number of hydrogen-bond donors (Lipinski definition) is 2. The van der Waals surface area contributed by atoms with E-state index < -0.39 is 5.25 Å². The van der Waals surface area contributed by atoms with Gasteiger partial charge in [0.05, 0.1) is 16.9 Å². The molecule has 1 N–H and O–H groups in total. The number of nitrogens with one attached hydrogen (secondary N) is 1. The van der Waals surface area contributed by atoms with Crippen molar-refractivity contribution >= 4 is 24.2 Å². The quantitative estimate of drug-likeness (QED) is 0.847. The Kier molecular flexibility index (Phi) is 4.80. The SMILES string of the molecule is N#Cc1ccc(NC(=O)C(S)Cc2ccccc2)cc1. The van der Waals surface area contributed by atoms with Crippen LogP contribution >= 0.6 is 12.6 Å². The maximum Gasteiger partial charge on any atom is 0.237 e. The molecule has 1 amide bonds. The van der Waals surface area contributed by atoms with Gasteiger partial charge in [0.15, 0.2) is 0 Å². The number of thiol groups is 1. The lowest BCUT2D eigenvalue weighted by Crippen LogP contribution is -2.25. The number of carbonyl (C=O) groups excluding carboxylic acids is 1. The van der Waals surface area contributed by atoms with Gasteiger partial charge in [0.25, 0.3) is 0 Å². The average Bonchev–Trinajstić information content (AvgIpc) is 2.49. The van der Waals surface area contributed by atoms with Crippen LogP contribution in [0.2, 0.25) is 0 Å². The van der Waals surface area contributed by atoms with Crippen LogP contribution in [0.4, 0.5) is 5.69 Å². The van der Waals surface area contributed by atoms with E-state index in [1.807, 2.05) is 36.4 Å². The molecule has 0 aliphatic heterocycles. The van der Waals surface area contributed by atoms with Crippen LogP contribution in [0.5, 0.6) is 0 Å². The fraction of sp³-hybridized carbons (Fsp3) is 0.125. The first-order valence-electron chi connectivity index (χ1n) is 6.22. The first-order valence-corrected chi connectivity index (χ1v) is 6.73. The minimum atomic E-state index is -0.409. The molecule has 100 valence electrons. The van der Waals surface area contributed by atoms with E-state index in [0.29, 0.717) is 17.7 Å². The van der Waals surface area contributed by atoms with Crippen molar-refractivity contribution in [2.24, 2.45) is 0 Å². The molecule has 0 fully saturated rings. The summed E-state index contributed by atoms with van der Waals surface area (Å²) in [6, 6.07) is 18.5. The Morgan fingerprint density at radius 3 is 2.40 bits per heavy atom. The molecule has 3 nitrogen and oxygen atoms in total. The number of benzene rings is 2. The van der Waals surface area contributed by atoms with Gasteiger partial charge in [-0.15, -0.1) is 0 Å². The predicted molar refractivity (Wildman–Crippen MR) is 82.7 cm³/mol. The Balaban J connectivity index is 1.95. The molecule has 0 aliphatic carbocycles. The van der Waals surface area contributed by atoms with Crippen molar-refractivity contribution in [2.75, 3.05) is 5.32 Å². The normalized spacial score (nSPS) is 11.4. The summed E-state index contributed by atoms with van der Waals surface area (Å²) in [7, 11) is 0. The van der Waals surface area contributed by atoms with E-state index in [-0.39, 0.29) is 5.91 Å². The summed E-state index contributed by atoms with van der Waals surface area (Å²) in [5.74, 6) is -0.151. The van der Waals surface area contributed by atoms with E-state index in [1.54, 1.807) is 24.3 Å². The standard InChI is InChI=1S/C16H14N2OS/c17-11-13-6-8-14(9-7-13)18-16(19)15(20)10-12-4-2-1-3-5-12/h1-9,15,20H,10H2,(H,18,19). The number of hydrogen-bond acceptors (Lipinski definition) is 3. The van der Waals surface area contributed by atoms with Gasteiger partial charge in [0.1, 0.15) is 0 Å². The zero-order valence-corrected chi connectivity index (χ0v) is 11.7. The Bertz CT molecular complexity index is 617. The average molecular weight is 282 g/mol. The van der Waals surface area contributed by atoms with Crippen LogP contribution in [0.3, 0.4) is 0 Å². The Labute approximate surface area is 123 Å².